The van der Waals surface area contributed by atoms with Gasteiger partial charge in [0.1, 0.15) is 23.1 Å². The van der Waals surface area contributed by atoms with Crippen LogP contribution in [0, 0.1) is 11.3 Å². The molecule has 8 heteroatoms. The number of nitriles is 1. The summed E-state index contributed by atoms with van der Waals surface area (Å²) < 4.78 is 0. The van der Waals surface area contributed by atoms with E-state index in [9.17, 15) is 4.79 Å². The maximum atomic E-state index is 12.2. The highest BCUT2D eigenvalue weighted by Crippen LogP contribution is 2.46. The Bertz CT molecular complexity index is 937. The second-order valence-electron chi connectivity index (χ2n) is 5.26. The van der Waals surface area contributed by atoms with Crippen molar-refractivity contribution >= 4 is 11.0 Å². The minimum atomic E-state index is -0.343. The number of aromatic amines is 2. The lowest BCUT2D eigenvalue weighted by Crippen LogP contribution is -2.27. The van der Waals surface area contributed by atoms with E-state index in [0.717, 1.165) is 18.7 Å². The summed E-state index contributed by atoms with van der Waals surface area (Å²) in [4.78, 5) is 28.0. The maximum absolute atomic E-state index is 12.2. The summed E-state index contributed by atoms with van der Waals surface area (Å²) in [6, 6.07) is 3.65. The highest BCUT2D eigenvalue weighted by molar-refractivity contribution is 5.79. The van der Waals surface area contributed by atoms with Gasteiger partial charge in [0.15, 0.2) is 11.3 Å². The fourth-order valence-corrected chi connectivity index (χ4v) is 2.85. The summed E-state index contributed by atoms with van der Waals surface area (Å²) in [5, 5.41) is 15.6. The number of H-pyrrole nitrogens is 2. The van der Waals surface area contributed by atoms with Crippen molar-refractivity contribution in [3.8, 4) is 6.07 Å². The molecule has 108 valence electrons. The summed E-state index contributed by atoms with van der Waals surface area (Å²) in [6.45, 7) is 0. The van der Waals surface area contributed by atoms with E-state index in [0.29, 0.717) is 11.5 Å². The highest BCUT2D eigenvalue weighted by Gasteiger charge is 2.37. The van der Waals surface area contributed by atoms with Crippen LogP contribution in [0.5, 0.6) is 0 Å². The van der Waals surface area contributed by atoms with E-state index < -0.39 is 0 Å². The summed E-state index contributed by atoms with van der Waals surface area (Å²) in [7, 11) is 0. The molecule has 0 unspecified atom stereocenters. The number of fused-ring (bicyclic) bond motifs is 1. The Morgan fingerprint density at radius 2 is 2.00 bits per heavy atom. The summed E-state index contributed by atoms with van der Waals surface area (Å²) in [6.07, 6.45) is 5.30. The molecule has 0 saturated heterocycles. The molecule has 2 N–H and O–H groups in total. The second-order valence-corrected chi connectivity index (χ2v) is 5.26. The van der Waals surface area contributed by atoms with Crippen LogP contribution in [0.25, 0.3) is 11.0 Å². The number of hydrogen-bond acceptors (Lipinski definition) is 6. The Kier molecular flexibility index (Phi) is 2.72. The van der Waals surface area contributed by atoms with Gasteiger partial charge in [0.25, 0.3) is 5.56 Å². The van der Waals surface area contributed by atoms with Crippen LogP contribution in [0.1, 0.15) is 42.0 Å². The Balaban J connectivity index is 1.76. The molecule has 0 radical (unpaired) electrons. The Morgan fingerprint density at radius 1 is 1.23 bits per heavy atom. The van der Waals surface area contributed by atoms with Gasteiger partial charge in [-0.1, -0.05) is 0 Å². The van der Waals surface area contributed by atoms with E-state index >= 15 is 0 Å². The van der Waals surface area contributed by atoms with Crippen LogP contribution in [-0.2, 0) is 0 Å². The van der Waals surface area contributed by atoms with Gasteiger partial charge in [-0.25, -0.2) is 15.0 Å². The molecule has 8 nitrogen and oxygen atoms in total. The third-order valence-corrected chi connectivity index (χ3v) is 4.10. The molecule has 1 aliphatic rings. The zero-order valence-corrected chi connectivity index (χ0v) is 11.4. The van der Waals surface area contributed by atoms with Gasteiger partial charge < -0.3 is 4.98 Å². The van der Waals surface area contributed by atoms with E-state index in [2.05, 4.69) is 30.1 Å². The normalized spacial score (nSPS) is 20.5. The molecule has 1 fully saturated rings. The maximum Gasteiger partial charge on any atom is 0.263 e. The molecule has 0 spiro atoms. The van der Waals surface area contributed by atoms with Gasteiger partial charge >= 0.3 is 0 Å². The Morgan fingerprint density at radius 3 is 2.68 bits per heavy atom. The molecule has 22 heavy (non-hydrogen) atoms. The smallest absolute Gasteiger partial charge is 0.263 e. The minimum Gasteiger partial charge on any atom is -0.310 e. The summed E-state index contributed by atoms with van der Waals surface area (Å²) in [5.74, 6) is 1.59. The molecule has 4 rings (SSSR count). The van der Waals surface area contributed by atoms with Crippen LogP contribution in [0.4, 0.5) is 0 Å². The molecule has 0 amide bonds. The molecule has 3 heterocycles. The third-order valence-electron chi connectivity index (χ3n) is 4.10. The summed E-state index contributed by atoms with van der Waals surface area (Å²) >= 11 is 0. The SMILES string of the molecule is N#Cc1n[nH]c2nc([C@H]3CC[C@@H]3c3ncccn3)[nH]c(=O)c12. The largest absolute Gasteiger partial charge is 0.310 e. The fourth-order valence-electron chi connectivity index (χ4n) is 2.85. The lowest BCUT2D eigenvalue weighted by atomic mass is 9.72. The average Bonchev–Trinajstić information content (AvgIpc) is 2.91. The predicted octanol–water partition coefficient (Wildman–Crippen LogP) is 0.969. The number of rotatable bonds is 2. The monoisotopic (exact) mass is 293 g/mol. The first kappa shape index (κ1) is 12.6. The average molecular weight is 293 g/mol. The van der Waals surface area contributed by atoms with E-state index in [1.165, 1.54) is 0 Å². The number of nitrogens with one attached hydrogen (secondary N) is 2. The zero-order valence-electron chi connectivity index (χ0n) is 11.4. The Hall–Kier alpha value is -3.08. The van der Waals surface area contributed by atoms with Crippen molar-refractivity contribution in [3.05, 3.63) is 46.2 Å². The highest BCUT2D eigenvalue weighted by atomic mass is 16.1. The van der Waals surface area contributed by atoms with E-state index in [1.807, 2.05) is 6.07 Å². The number of hydrogen-bond donors (Lipinski definition) is 2. The second kappa shape index (κ2) is 4.73. The first-order valence-electron chi connectivity index (χ1n) is 6.93. The van der Waals surface area contributed by atoms with Crippen LogP contribution >= 0.6 is 0 Å². The van der Waals surface area contributed by atoms with Gasteiger partial charge in [-0.05, 0) is 18.9 Å². The molecule has 0 aromatic carbocycles. The lowest BCUT2D eigenvalue weighted by Gasteiger charge is -2.34. The van der Waals surface area contributed by atoms with Crippen LogP contribution in [0.3, 0.4) is 0 Å². The molecule has 2 atom stereocenters. The molecule has 3 aromatic heterocycles. The van der Waals surface area contributed by atoms with E-state index in [1.54, 1.807) is 18.5 Å². The van der Waals surface area contributed by atoms with Crippen molar-refractivity contribution in [2.75, 3.05) is 0 Å². The summed E-state index contributed by atoms with van der Waals surface area (Å²) in [5.41, 5.74) is 0.0618. The molecule has 1 aliphatic carbocycles. The van der Waals surface area contributed by atoms with Crippen molar-refractivity contribution in [3.63, 3.8) is 0 Å². The molecule has 0 bridgehead atoms. The zero-order chi connectivity index (χ0) is 15.1. The van der Waals surface area contributed by atoms with Crippen molar-refractivity contribution in [1.82, 2.24) is 30.1 Å². The van der Waals surface area contributed by atoms with Crippen molar-refractivity contribution in [2.24, 2.45) is 0 Å². The van der Waals surface area contributed by atoms with Crippen LogP contribution in [-0.4, -0.2) is 30.1 Å². The van der Waals surface area contributed by atoms with Gasteiger partial charge in [0.05, 0.1) is 0 Å². The van der Waals surface area contributed by atoms with E-state index in [4.69, 9.17) is 5.26 Å². The van der Waals surface area contributed by atoms with Gasteiger partial charge in [-0.15, -0.1) is 0 Å². The quantitative estimate of drug-likeness (QED) is 0.725. The van der Waals surface area contributed by atoms with Crippen LogP contribution < -0.4 is 5.56 Å². The molecular weight excluding hydrogens is 282 g/mol. The standard InChI is InChI=1S/C14H11N7O/c15-6-9-10-13(21-20-9)18-12(19-14(10)22)8-3-2-7(8)11-16-4-1-5-17-11/h1,4-5,7-8H,2-3H2,(H2,18,19,20,21,22)/t7-,8-/m0/s1. The first-order valence-corrected chi connectivity index (χ1v) is 6.93. The molecule has 1 saturated carbocycles. The topological polar surface area (TPSA) is 124 Å². The van der Waals surface area contributed by atoms with E-state index in [-0.39, 0.29) is 28.5 Å². The number of nitrogens with zero attached hydrogens (tertiary/aromatic N) is 5. The van der Waals surface area contributed by atoms with Crippen LogP contribution in [0.15, 0.2) is 23.3 Å². The number of aromatic nitrogens is 6. The predicted molar refractivity (Wildman–Crippen MR) is 76.0 cm³/mol. The molecular formula is C14H11N7O. The lowest BCUT2D eigenvalue weighted by molar-refractivity contribution is 0.319. The van der Waals surface area contributed by atoms with Crippen molar-refractivity contribution < 1.29 is 0 Å². The third kappa shape index (κ3) is 1.79. The molecule has 3 aromatic rings. The van der Waals surface area contributed by atoms with Gasteiger partial charge in [-0.3, -0.25) is 9.89 Å². The fraction of sp³-hybridized carbons (Fsp3) is 0.286. The molecule has 0 aliphatic heterocycles. The van der Waals surface area contributed by atoms with Crippen LogP contribution in [0.2, 0.25) is 0 Å². The van der Waals surface area contributed by atoms with Crippen molar-refractivity contribution in [2.45, 2.75) is 24.7 Å². The van der Waals surface area contributed by atoms with Gasteiger partial charge in [0, 0.05) is 24.2 Å². The first-order chi connectivity index (χ1) is 10.8. The minimum absolute atomic E-state index is 0.0619. The van der Waals surface area contributed by atoms with Gasteiger partial charge in [-0.2, -0.15) is 10.4 Å². The van der Waals surface area contributed by atoms with Crippen molar-refractivity contribution in [1.29, 1.82) is 5.26 Å². The Labute approximate surface area is 124 Å². The van der Waals surface area contributed by atoms with Gasteiger partial charge in [0.2, 0.25) is 0 Å².